The molecule has 2 aromatic heterocycles. The first-order valence-corrected chi connectivity index (χ1v) is 14.1. The van der Waals surface area contributed by atoms with Crippen LogP contribution in [0, 0.1) is 5.82 Å². The molecule has 1 fully saturated rings. The van der Waals surface area contributed by atoms with E-state index in [1.807, 2.05) is 54.6 Å². The Kier molecular flexibility index (Phi) is 9.20. The Bertz CT molecular complexity index is 1430. The number of nitrogens with one attached hydrogen (secondary N) is 1. The van der Waals surface area contributed by atoms with Crippen LogP contribution in [0.3, 0.4) is 0 Å². The first-order chi connectivity index (χ1) is 19.6. The molecule has 1 aliphatic rings. The minimum atomic E-state index is -0.200. The number of halogens is 1. The van der Waals surface area contributed by atoms with E-state index in [9.17, 15) is 9.18 Å². The molecule has 1 N–H and O–H groups in total. The lowest BCUT2D eigenvalue weighted by atomic mass is 10.1. The number of anilines is 2. The lowest BCUT2D eigenvalue weighted by Crippen LogP contribution is -2.47. The number of benzene rings is 2. The molecule has 3 heterocycles. The van der Waals surface area contributed by atoms with Gasteiger partial charge in [-0.05, 0) is 41.5 Å². The Labute approximate surface area is 237 Å². The number of thioether (sulfide) groups is 1. The van der Waals surface area contributed by atoms with E-state index in [0.29, 0.717) is 48.4 Å². The molecule has 2 aromatic carbocycles. The Hall–Kier alpha value is -4.02. The molecule has 0 bridgehead atoms. The zero-order chi connectivity index (χ0) is 27.7. The molecule has 0 saturated carbocycles. The second kappa shape index (κ2) is 13.4. The molecule has 0 spiro atoms. The molecule has 0 unspecified atom stereocenters. The van der Waals surface area contributed by atoms with Crippen molar-refractivity contribution in [1.82, 2.24) is 20.3 Å². The first-order valence-electron chi connectivity index (χ1n) is 13.1. The molecule has 1 aliphatic heterocycles. The van der Waals surface area contributed by atoms with Gasteiger partial charge in [0, 0.05) is 69.6 Å². The minimum absolute atomic E-state index is 0.133. The molecular formula is C30H31FN6O2S. The molecular weight excluding hydrogens is 527 g/mol. The summed E-state index contributed by atoms with van der Waals surface area (Å²) in [6.07, 6.45) is 3.45. The molecule has 206 valence electrons. The van der Waals surface area contributed by atoms with Crippen molar-refractivity contribution < 1.29 is 13.9 Å². The fourth-order valence-electron chi connectivity index (χ4n) is 4.53. The Balaban J connectivity index is 1.22. The van der Waals surface area contributed by atoms with E-state index < -0.39 is 0 Å². The number of nitrogens with zero attached hydrogens (tertiary/aromatic N) is 5. The van der Waals surface area contributed by atoms with Gasteiger partial charge in [0.2, 0.25) is 0 Å². The summed E-state index contributed by atoms with van der Waals surface area (Å²) in [5.41, 5.74) is 3.98. The summed E-state index contributed by atoms with van der Waals surface area (Å²) in [7, 11) is 1.65. The highest BCUT2D eigenvalue weighted by atomic mass is 32.2. The lowest BCUT2D eigenvalue weighted by molar-refractivity contribution is 0.0950. The van der Waals surface area contributed by atoms with Gasteiger partial charge in [-0.25, -0.2) is 14.4 Å². The lowest BCUT2D eigenvalue weighted by Gasteiger charge is -2.37. The summed E-state index contributed by atoms with van der Waals surface area (Å²) < 4.78 is 19.6. The molecule has 10 heteroatoms. The zero-order valence-corrected chi connectivity index (χ0v) is 23.1. The van der Waals surface area contributed by atoms with Crippen molar-refractivity contribution in [3.05, 3.63) is 107 Å². The fourth-order valence-corrected chi connectivity index (χ4v) is 5.34. The summed E-state index contributed by atoms with van der Waals surface area (Å²) in [5.74, 6) is 1.11. The van der Waals surface area contributed by atoms with Gasteiger partial charge in [0.1, 0.15) is 11.6 Å². The number of hydrogen-bond donors (Lipinski definition) is 1. The number of para-hydroxylation sites is 1. The summed E-state index contributed by atoms with van der Waals surface area (Å²) in [6.45, 7) is 3.63. The quantitative estimate of drug-likeness (QED) is 0.222. The fraction of sp³-hybridized carbons (Fsp3) is 0.267. The SMILES string of the molecule is COCc1cc(N2CCN(c3ccccc3F)CC2)nc(SCc2cccc(C(=O)NCc3cccnc3)c2)n1. The van der Waals surface area contributed by atoms with Crippen LogP contribution < -0.4 is 15.1 Å². The summed E-state index contributed by atoms with van der Waals surface area (Å²) in [6, 6.07) is 20.2. The smallest absolute Gasteiger partial charge is 0.251 e. The average Bonchev–Trinajstić information content (AvgIpc) is 3.00. The monoisotopic (exact) mass is 558 g/mol. The van der Waals surface area contributed by atoms with Crippen molar-refractivity contribution in [2.45, 2.75) is 24.1 Å². The van der Waals surface area contributed by atoms with Crippen LogP contribution in [0.15, 0.2) is 84.3 Å². The van der Waals surface area contributed by atoms with Gasteiger partial charge in [-0.2, -0.15) is 0 Å². The van der Waals surface area contributed by atoms with Crippen LogP contribution in [0.5, 0.6) is 0 Å². The van der Waals surface area contributed by atoms with Crippen LogP contribution >= 0.6 is 11.8 Å². The molecule has 1 amide bonds. The van der Waals surface area contributed by atoms with E-state index in [1.165, 1.54) is 17.8 Å². The molecule has 0 aliphatic carbocycles. The molecule has 4 aromatic rings. The number of hydrogen-bond acceptors (Lipinski definition) is 8. The maximum atomic E-state index is 14.3. The van der Waals surface area contributed by atoms with Crippen LogP contribution in [-0.2, 0) is 23.6 Å². The third-order valence-corrected chi connectivity index (χ3v) is 7.49. The van der Waals surface area contributed by atoms with Gasteiger partial charge in [0.15, 0.2) is 5.16 Å². The van der Waals surface area contributed by atoms with Crippen LogP contribution in [-0.4, -0.2) is 54.1 Å². The van der Waals surface area contributed by atoms with E-state index >= 15 is 0 Å². The van der Waals surface area contributed by atoms with E-state index in [4.69, 9.17) is 9.72 Å². The van der Waals surface area contributed by atoms with Gasteiger partial charge in [-0.3, -0.25) is 9.78 Å². The van der Waals surface area contributed by atoms with Gasteiger partial charge < -0.3 is 19.9 Å². The Morgan fingerprint density at radius 1 is 0.975 bits per heavy atom. The van der Waals surface area contributed by atoms with E-state index in [2.05, 4.69) is 25.1 Å². The molecule has 1 saturated heterocycles. The zero-order valence-electron chi connectivity index (χ0n) is 22.3. The Morgan fingerprint density at radius 2 is 1.77 bits per heavy atom. The third kappa shape index (κ3) is 7.13. The van der Waals surface area contributed by atoms with Crippen molar-refractivity contribution in [3.63, 3.8) is 0 Å². The van der Waals surface area contributed by atoms with Gasteiger partial charge in [-0.1, -0.05) is 42.1 Å². The topological polar surface area (TPSA) is 83.5 Å². The molecule has 40 heavy (non-hydrogen) atoms. The number of carbonyl (C=O) groups is 1. The normalized spacial score (nSPS) is 13.3. The number of aromatic nitrogens is 3. The number of ether oxygens (including phenoxy) is 1. The Morgan fingerprint density at radius 3 is 2.55 bits per heavy atom. The maximum Gasteiger partial charge on any atom is 0.251 e. The van der Waals surface area contributed by atoms with Gasteiger partial charge in [-0.15, -0.1) is 0 Å². The predicted molar refractivity (Wildman–Crippen MR) is 155 cm³/mol. The molecule has 0 atom stereocenters. The van der Waals surface area contributed by atoms with Crippen molar-refractivity contribution in [3.8, 4) is 0 Å². The highest BCUT2D eigenvalue weighted by Gasteiger charge is 2.21. The number of piperazine rings is 1. The third-order valence-electron chi connectivity index (χ3n) is 6.57. The van der Waals surface area contributed by atoms with Crippen molar-refractivity contribution in [2.75, 3.05) is 43.1 Å². The number of methoxy groups -OCH3 is 1. The van der Waals surface area contributed by atoms with Crippen LogP contribution in [0.1, 0.15) is 27.2 Å². The van der Waals surface area contributed by atoms with E-state index in [-0.39, 0.29) is 11.7 Å². The van der Waals surface area contributed by atoms with Crippen LogP contribution in [0.4, 0.5) is 15.9 Å². The highest BCUT2D eigenvalue weighted by molar-refractivity contribution is 7.98. The standard InChI is InChI=1S/C30H31FN6O2S/c1-39-20-25-17-28(37-14-12-36(13-15-37)27-10-3-2-9-26(27)31)35-30(34-25)40-21-22-6-4-8-24(16-22)29(38)33-19-23-7-5-11-32-18-23/h2-11,16-18H,12-15,19-21H2,1H3,(H,33,38). The minimum Gasteiger partial charge on any atom is -0.378 e. The number of pyridine rings is 1. The largest absolute Gasteiger partial charge is 0.378 e. The second-order valence-corrected chi connectivity index (χ2v) is 10.3. The van der Waals surface area contributed by atoms with Crippen LogP contribution in [0.2, 0.25) is 0 Å². The second-order valence-electron chi connectivity index (χ2n) is 9.39. The van der Waals surface area contributed by atoms with Crippen LogP contribution in [0.25, 0.3) is 0 Å². The van der Waals surface area contributed by atoms with Gasteiger partial charge in [0.05, 0.1) is 18.0 Å². The van der Waals surface area contributed by atoms with Gasteiger partial charge in [0.25, 0.3) is 5.91 Å². The predicted octanol–water partition coefficient (Wildman–Crippen LogP) is 4.71. The summed E-state index contributed by atoms with van der Waals surface area (Å²) in [4.78, 5) is 30.6. The van der Waals surface area contributed by atoms with Crippen molar-refractivity contribution in [2.24, 2.45) is 0 Å². The summed E-state index contributed by atoms with van der Waals surface area (Å²) >= 11 is 1.52. The van der Waals surface area contributed by atoms with E-state index in [1.54, 1.807) is 25.6 Å². The average molecular weight is 559 g/mol. The number of amides is 1. The maximum absolute atomic E-state index is 14.3. The molecule has 8 nitrogen and oxygen atoms in total. The van der Waals surface area contributed by atoms with Crippen molar-refractivity contribution in [1.29, 1.82) is 0 Å². The van der Waals surface area contributed by atoms with Crippen molar-refractivity contribution >= 4 is 29.2 Å². The number of rotatable bonds is 10. The highest BCUT2D eigenvalue weighted by Crippen LogP contribution is 2.26. The first kappa shape index (κ1) is 27.5. The molecule has 0 radical (unpaired) electrons. The van der Waals surface area contributed by atoms with Gasteiger partial charge >= 0.3 is 0 Å². The molecule has 5 rings (SSSR count). The van der Waals surface area contributed by atoms with E-state index in [0.717, 1.165) is 35.7 Å². The summed E-state index contributed by atoms with van der Waals surface area (Å²) in [5, 5.41) is 3.59. The number of carbonyl (C=O) groups excluding carboxylic acids is 1.